The molecule has 2 heterocycles. The highest BCUT2D eigenvalue weighted by Gasteiger charge is 2.22. The number of rotatable bonds is 8. The van der Waals surface area contributed by atoms with Crippen molar-refractivity contribution in [2.75, 3.05) is 24.7 Å². The summed E-state index contributed by atoms with van der Waals surface area (Å²) in [6.07, 6.45) is 3.14. The van der Waals surface area contributed by atoms with Gasteiger partial charge in [0.25, 0.3) is 5.91 Å². The molecule has 1 amide bonds. The first kappa shape index (κ1) is 21.1. The second-order valence-electron chi connectivity index (χ2n) is 5.81. The third-order valence-corrected chi connectivity index (χ3v) is 4.60. The van der Waals surface area contributed by atoms with Crippen molar-refractivity contribution < 1.29 is 23.9 Å². The van der Waals surface area contributed by atoms with Crippen molar-refractivity contribution in [3.63, 3.8) is 0 Å². The quantitative estimate of drug-likeness (QED) is 0.505. The molecular weight excluding hydrogens is 408 g/mol. The van der Waals surface area contributed by atoms with Gasteiger partial charge >= 0.3 is 11.9 Å². The van der Waals surface area contributed by atoms with E-state index in [1.165, 1.54) is 21.6 Å². The van der Waals surface area contributed by atoms with Crippen molar-refractivity contribution in [3.8, 4) is 10.8 Å². The predicted molar refractivity (Wildman–Crippen MR) is 109 cm³/mol. The standard InChI is InChI=1S/C20H18N4O5S/c1-2-28-17(26)11-24(14-7-4-3-5-8-14)16(25)12-29-20(27)15-13-30-19(23-15)18-21-9-6-10-22-18/h3-10,13H,2,11-12H2,1H3. The molecule has 0 radical (unpaired) electrons. The third-order valence-electron chi connectivity index (χ3n) is 3.76. The second kappa shape index (κ2) is 10.2. The maximum atomic E-state index is 12.6. The molecule has 0 fully saturated rings. The average molecular weight is 426 g/mol. The summed E-state index contributed by atoms with van der Waals surface area (Å²) in [6.45, 7) is 1.03. The summed E-state index contributed by atoms with van der Waals surface area (Å²) in [5, 5.41) is 1.97. The Labute approximate surface area is 176 Å². The number of thiazole rings is 1. The molecule has 3 aromatic rings. The molecule has 30 heavy (non-hydrogen) atoms. The van der Waals surface area contributed by atoms with E-state index in [1.807, 2.05) is 0 Å². The van der Waals surface area contributed by atoms with Crippen molar-refractivity contribution >= 4 is 34.9 Å². The maximum absolute atomic E-state index is 12.6. The first-order valence-electron chi connectivity index (χ1n) is 8.99. The minimum atomic E-state index is -0.758. The van der Waals surface area contributed by atoms with Crippen LogP contribution < -0.4 is 4.90 Å². The number of anilines is 1. The molecule has 0 spiro atoms. The van der Waals surface area contributed by atoms with Gasteiger partial charge in [-0.1, -0.05) is 18.2 Å². The molecule has 0 unspecified atom stereocenters. The first-order valence-corrected chi connectivity index (χ1v) is 9.87. The summed E-state index contributed by atoms with van der Waals surface area (Å²) in [5.41, 5.74) is 0.538. The third kappa shape index (κ3) is 5.45. The summed E-state index contributed by atoms with van der Waals surface area (Å²) < 4.78 is 10.0. The molecule has 0 N–H and O–H groups in total. The van der Waals surface area contributed by atoms with E-state index >= 15 is 0 Å². The van der Waals surface area contributed by atoms with Crippen LogP contribution in [0.1, 0.15) is 17.4 Å². The van der Waals surface area contributed by atoms with Crippen LogP contribution in [0.5, 0.6) is 0 Å². The van der Waals surface area contributed by atoms with Crippen LogP contribution in [0.4, 0.5) is 5.69 Å². The zero-order chi connectivity index (χ0) is 21.3. The average Bonchev–Trinajstić information content (AvgIpc) is 3.27. The Kier molecular flexibility index (Phi) is 7.17. The fourth-order valence-corrected chi connectivity index (χ4v) is 3.16. The van der Waals surface area contributed by atoms with Gasteiger partial charge in [0, 0.05) is 23.5 Å². The van der Waals surface area contributed by atoms with Gasteiger partial charge in [-0.2, -0.15) is 0 Å². The number of nitrogens with zero attached hydrogens (tertiary/aromatic N) is 4. The van der Waals surface area contributed by atoms with Crippen LogP contribution in [0.15, 0.2) is 54.2 Å². The lowest BCUT2D eigenvalue weighted by Gasteiger charge is -2.21. The van der Waals surface area contributed by atoms with E-state index in [-0.39, 0.29) is 18.8 Å². The fourth-order valence-electron chi connectivity index (χ4n) is 2.43. The number of ether oxygens (including phenoxy) is 2. The lowest BCUT2D eigenvalue weighted by atomic mass is 10.3. The van der Waals surface area contributed by atoms with Gasteiger partial charge in [-0.15, -0.1) is 11.3 Å². The molecule has 9 nitrogen and oxygen atoms in total. The Morgan fingerprint density at radius 2 is 1.77 bits per heavy atom. The van der Waals surface area contributed by atoms with Gasteiger partial charge < -0.3 is 9.47 Å². The number of para-hydroxylation sites is 1. The molecule has 0 saturated heterocycles. The predicted octanol–water partition coefficient (Wildman–Crippen LogP) is 2.35. The molecule has 0 aliphatic carbocycles. The Morgan fingerprint density at radius 1 is 1.03 bits per heavy atom. The molecule has 0 atom stereocenters. The van der Waals surface area contributed by atoms with Gasteiger partial charge in [-0.3, -0.25) is 14.5 Å². The zero-order valence-corrected chi connectivity index (χ0v) is 16.9. The molecule has 1 aromatic carbocycles. The normalized spacial score (nSPS) is 10.3. The Bertz CT molecular complexity index is 1010. The minimum absolute atomic E-state index is 0.0481. The van der Waals surface area contributed by atoms with Crippen LogP contribution in [0.25, 0.3) is 10.8 Å². The van der Waals surface area contributed by atoms with Gasteiger partial charge in [0.15, 0.2) is 23.1 Å². The van der Waals surface area contributed by atoms with Crippen molar-refractivity contribution in [1.82, 2.24) is 15.0 Å². The Hall–Kier alpha value is -3.66. The summed E-state index contributed by atoms with van der Waals surface area (Å²) in [4.78, 5) is 50.3. The summed E-state index contributed by atoms with van der Waals surface area (Å²) in [7, 11) is 0. The van der Waals surface area contributed by atoms with E-state index in [4.69, 9.17) is 9.47 Å². The van der Waals surface area contributed by atoms with Gasteiger partial charge in [-0.05, 0) is 25.1 Å². The number of aromatic nitrogens is 3. The van der Waals surface area contributed by atoms with Gasteiger partial charge in [0.05, 0.1) is 6.61 Å². The second-order valence-corrected chi connectivity index (χ2v) is 6.66. The van der Waals surface area contributed by atoms with E-state index in [1.54, 1.807) is 55.7 Å². The van der Waals surface area contributed by atoms with E-state index in [0.717, 1.165) is 0 Å². The lowest BCUT2D eigenvalue weighted by Crippen LogP contribution is -2.39. The summed E-state index contributed by atoms with van der Waals surface area (Å²) in [5.74, 6) is -1.49. The van der Waals surface area contributed by atoms with Crippen molar-refractivity contribution in [3.05, 3.63) is 59.9 Å². The summed E-state index contributed by atoms with van der Waals surface area (Å²) in [6, 6.07) is 10.3. The fraction of sp³-hybridized carbons (Fsp3) is 0.200. The first-order chi connectivity index (χ1) is 14.6. The molecule has 0 aliphatic heterocycles. The molecular formula is C20H18N4O5S. The number of hydrogen-bond acceptors (Lipinski definition) is 9. The van der Waals surface area contributed by atoms with Crippen LogP contribution in [-0.4, -0.2) is 52.6 Å². The minimum Gasteiger partial charge on any atom is -0.465 e. The monoisotopic (exact) mass is 426 g/mol. The largest absolute Gasteiger partial charge is 0.465 e. The topological polar surface area (TPSA) is 112 Å². The van der Waals surface area contributed by atoms with Crippen LogP contribution in [-0.2, 0) is 19.1 Å². The SMILES string of the molecule is CCOC(=O)CN(C(=O)COC(=O)c1csc(-c2ncccn2)n1)c1ccccc1. The van der Waals surface area contributed by atoms with Crippen molar-refractivity contribution in [1.29, 1.82) is 0 Å². The smallest absolute Gasteiger partial charge is 0.358 e. The molecule has 10 heteroatoms. The van der Waals surface area contributed by atoms with Crippen molar-refractivity contribution in [2.24, 2.45) is 0 Å². The highest BCUT2D eigenvalue weighted by Crippen LogP contribution is 2.20. The van der Waals surface area contributed by atoms with Gasteiger partial charge in [-0.25, -0.2) is 19.7 Å². The van der Waals surface area contributed by atoms with Crippen molar-refractivity contribution in [2.45, 2.75) is 6.92 Å². The molecule has 2 aromatic heterocycles. The number of esters is 2. The van der Waals surface area contributed by atoms with E-state index in [2.05, 4.69) is 15.0 Å². The Balaban J connectivity index is 1.65. The summed E-state index contributed by atoms with van der Waals surface area (Å²) >= 11 is 1.19. The molecule has 0 aliphatic rings. The van der Waals surface area contributed by atoms with Crippen LogP contribution in [0, 0.1) is 0 Å². The number of carbonyl (C=O) groups excluding carboxylic acids is 3. The number of carbonyl (C=O) groups is 3. The number of hydrogen-bond donors (Lipinski definition) is 0. The van der Waals surface area contributed by atoms with Crippen LogP contribution in [0.3, 0.4) is 0 Å². The van der Waals surface area contributed by atoms with E-state index in [0.29, 0.717) is 16.5 Å². The zero-order valence-electron chi connectivity index (χ0n) is 16.1. The lowest BCUT2D eigenvalue weighted by molar-refractivity contribution is -0.142. The van der Waals surface area contributed by atoms with E-state index in [9.17, 15) is 14.4 Å². The molecule has 154 valence electrons. The van der Waals surface area contributed by atoms with E-state index < -0.39 is 24.5 Å². The number of amides is 1. The highest BCUT2D eigenvalue weighted by atomic mass is 32.1. The maximum Gasteiger partial charge on any atom is 0.358 e. The Morgan fingerprint density at radius 3 is 2.47 bits per heavy atom. The van der Waals surface area contributed by atoms with Gasteiger partial charge in [0.2, 0.25) is 0 Å². The number of benzene rings is 1. The molecule has 3 rings (SSSR count). The van der Waals surface area contributed by atoms with Crippen LogP contribution >= 0.6 is 11.3 Å². The van der Waals surface area contributed by atoms with Gasteiger partial charge in [0.1, 0.15) is 6.54 Å². The van der Waals surface area contributed by atoms with Crippen LogP contribution in [0.2, 0.25) is 0 Å². The molecule has 0 bridgehead atoms. The molecule has 0 saturated carbocycles. The highest BCUT2D eigenvalue weighted by molar-refractivity contribution is 7.13.